The Morgan fingerprint density at radius 3 is 2.78 bits per heavy atom. The first-order valence-corrected chi connectivity index (χ1v) is 7.96. The first-order chi connectivity index (χ1) is 10.8. The molecule has 0 radical (unpaired) electrons. The molecule has 1 saturated heterocycles. The van der Waals surface area contributed by atoms with E-state index in [-0.39, 0.29) is 17.0 Å². The van der Waals surface area contributed by atoms with Gasteiger partial charge in [-0.3, -0.25) is 9.09 Å². The number of anilines is 1. The van der Waals surface area contributed by atoms with Crippen LogP contribution in [-0.4, -0.2) is 64.4 Å². The minimum absolute atomic E-state index is 0.110. The summed E-state index contributed by atoms with van der Waals surface area (Å²) < 4.78 is 22.5. The number of nitrogens with zero attached hydrogens (tertiary/aromatic N) is 4. The average molecular weight is 347 g/mol. The first-order valence-electron chi connectivity index (χ1n) is 6.43. The quantitative estimate of drug-likeness (QED) is 0.390. The van der Waals surface area contributed by atoms with Crippen LogP contribution in [0, 0.1) is 0 Å². The predicted molar refractivity (Wildman–Crippen MR) is 73.7 cm³/mol. The van der Waals surface area contributed by atoms with Crippen LogP contribution in [0.15, 0.2) is 12.7 Å². The fourth-order valence-electron chi connectivity index (χ4n) is 2.42. The molecule has 0 spiro atoms. The van der Waals surface area contributed by atoms with Gasteiger partial charge in [0.15, 0.2) is 17.7 Å². The molecule has 0 bridgehead atoms. The maximum absolute atomic E-state index is 11.1. The standard InChI is InChI=1S/C10H14N5O7P/c11-8-5-9(13-2-12-8)15(3-14-5)10-7(22-23(18,19)20)6(17)4(1-16)21-10/h2-4,6-7,10,16-17H,1H2,(H2,11,12,13)(H2,18,19,20)/t4?,6?,7-,10-/m1/s1. The van der Waals surface area contributed by atoms with E-state index in [1.54, 1.807) is 0 Å². The van der Waals surface area contributed by atoms with Gasteiger partial charge in [0.05, 0.1) is 12.9 Å². The van der Waals surface area contributed by atoms with Gasteiger partial charge in [-0.05, 0) is 0 Å². The van der Waals surface area contributed by atoms with E-state index in [1.165, 1.54) is 17.2 Å². The molecule has 12 nitrogen and oxygen atoms in total. The fraction of sp³-hybridized carbons (Fsp3) is 0.500. The van der Waals surface area contributed by atoms with Crippen LogP contribution in [0.1, 0.15) is 6.23 Å². The van der Waals surface area contributed by atoms with E-state index in [9.17, 15) is 14.8 Å². The Bertz CT molecular complexity index is 763. The third-order valence-corrected chi connectivity index (χ3v) is 3.93. The molecule has 2 aromatic heterocycles. The highest BCUT2D eigenvalue weighted by molar-refractivity contribution is 7.46. The fourth-order valence-corrected chi connectivity index (χ4v) is 2.97. The van der Waals surface area contributed by atoms with Crippen LogP contribution in [0.2, 0.25) is 0 Å². The highest BCUT2D eigenvalue weighted by Gasteiger charge is 2.48. The third kappa shape index (κ3) is 2.93. The topological polar surface area (TPSA) is 186 Å². The van der Waals surface area contributed by atoms with Crippen LogP contribution in [0.3, 0.4) is 0 Å². The minimum Gasteiger partial charge on any atom is -0.394 e. The molecule has 23 heavy (non-hydrogen) atoms. The largest absolute Gasteiger partial charge is 0.470 e. The van der Waals surface area contributed by atoms with Gasteiger partial charge < -0.3 is 30.5 Å². The highest BCUT2D eigenvalue weighted by atomic mass is 31.2. The number of fused-ring (bicyclic) bond motifs is 1. The summed E-state index contributed by atoms with van der Waals surface area (Å²) in [5.74, 6) is 0.110. The number of phosphoric ester groups is 1. The molecule has 126 valence electrons. The van der Waals surface area contributed by atoms with E-state index in [0.29, 0.717) is 0 Å². The van der Waals surface area contributed by atoms with Gasteiger partial charge in [-0.15, -0.1) is 0 Å². The lowest BCUT2D eigenvalue weighted by molar-refractivity contribution is -0.0505. The van der Waals surface area contributed by atoms with Crippen molar-refractivity contribution in [2.75, 3.05) is 12.3 Å². The van der Waals surface area contributed by atoms with Crippen LogP contribution in [0.25, 0.3) is 11.2 Å². The van der Waals surface area contributed by atoms with Crippen molar-refractivity contribution in [1.29, 1.82) is 0 Å². The minimum atomic E-state index is -4.91. The predicted octanol–water partition coefficient (Wildman–Crippen LogP) is -1.86. The lowest BCUT2D eigenvalue weighted by Crippen LogP contribution is -2.34. The molecule has 0 aromatic carbocycles. The molecule has 1 aliphatic rings. The monoisotopic (exact) mass is 347 g/mol. The average Bonchev–Trinajstić information content (AvgIpc) is 3.01. The van der Waals surface area contributed by atoms with Crippen molar-refractivity contribution in [1.82, 2.24) is 19.5 Å². The van der Waals surface area contributed by atoms with E-state index < -0.39 is 39.0 Å². The maximum atomic E-state index is 11.1. The highest BCUT2D eigenvalue weighted by Crippen LogP contribution is 2.45. The number of phosphoric acid groups is 1. The van der Waals surface area contributed by atoms with E-state index in [4.69, 9.17) is 20.3 Å². The number of rotatable bonds is 4. The first kappa shape index (κ1) is 16.2. The van der Waals surface area contributed by atoms with Gasteiger partial charge in [-0.25, -0.2) is 19.5 Å². The second-order valence-corrected chi connectivity index (χ2v) is 6.07. The zero-order valence-corrected chi connectivity index (χ0v) is 12.4. The second kappa shape index (κ2) is 5.76. The summed E-state index contributed by atoms with van der Waals surface area (Å²) in [6.07, 6.45) is -2.72. The summed E-state index contributed by atoms with van der Waals surface area (Å²) in [4.78, 5) is 29.8. The summed E-state index contributed by atoms with van der Waals surface area (Å²) in [6.45, 7) is -0.567. The molecule has 3 rings (SSSR count). The molecule has 6 N–H and O–H groups in total. The van der Waals surface area contributed by atoms with Gasteiger partial charge in [-0.1, -0.05) is 0 Å². The Labute approximate surface area is 128 Å². The number of aliphatic hydroxyl groups is 2. The molecule has 0 amide bonds. The SMILES string of the molecule is Nc1ncnc2c1ncn2[C@@H]1OC(CO)C(O)[C@H]1OP(=O)(O)O. The molecule has 13 heteroatoms. The Balaban J connectivity index is 2.04. The molecule has 1 aliphatic heterocycles. The van der Waals surface area contributed by atoms with Crippen LogP contribution >= 0.6 is 7.82 Å². The zero-order valence-electron chi connectivity index (χ0n) is 11.5. The van der Waals surface area contributed by atoms with Crippen molar-refractivity contribution < 1.29 is 33.8 Å². The van der Waals surface area contributed by atoms with Gasteiger partial charge in [-0.2, -0.15) is 0 Å². The van der Waals surface area contributed by atoms with Gasteiger partial charge in [0, 0.05) is 0 Å². The van der Waals surface area contributed by atoms with Crippen molar-refractivity contribution in [3.63, 3.8) is 0 Å². The van der Waals surface area contributed by atoms with Crippen molar-refractivity contribution in [2.24, 2.45) is 0 Å². The molecule has 0 saturated carbocycles. The summed E-state index contributed by atoms with van der Waals surface area (Å²) in [5.41, 5.74) is 6.16. The summed E-state index contributed by atoms with van der Waals surface area (Å²) in [6, 6.07) is 0. The molecular weight excluding hydrogens is 333 g/mol. The van der Waals surface area contributed by atoms with Crippen LogP contribution in [0.5, 0.6) is 0 Å². The zero-order chi connectivity index (χ0) is 16.8. The molecule has 2 unspecified atom stereocenters. The van der Waals surface area contributed by atoms with Gasteiger partial charge in [0.25, 0.3) is 0 Å². The van der Waals surface area contributed by atoms with Crippen LogP contribution in [-0.2, 0) is 13.8 Å². The number of nitrogen functional groups attached to an aromatic ring is 1. The number of aliphatic hydroxyl groups excluding tert-OH is 2. The lowest BCUT2D eigenvalue weighted by Gasteiger charge is -2.21. The van der Waals surface area contributed by atoms with Gasteiger partial charge in [0.1, 0.15) is 30.2 Å². The Hall–Kier alpha value is -1.66. The molecule has 0 aliphatic carbocycles. The summed E-state index contributed by atoms with van der Waals surface area (Å²) >= 11 is 0. The van der Waals surface area contributed by atoms with E-state index in [1.807, 2.05) is 0 Å². The van der Waals surface area contributed by atoms with Crippen molar-refractivity contribution in [3.8, 4) is 0 Å². The normalized spacial score (nSPS) is 28.5. The number of nitrogens with two attached hydrogens (primary N) is 1. The maximum Gasteiger partial charge on any atom is 0.470 e. The Morgan fingerprint density at radius 2 is 2.13 bits per heavy atom. The third-order valence-electron chi connectivity index (χ3n) is 3.41. The molecule has 2 aromatic rings. The second-order valence-electron chi connectivity index (χ2n) is 4.88. The Kier molecular flexibility index (Phi) is 4.06. The van der Waals surface area contributed by atoms with E-state index in [0.717, 1.165) is 0 Å². The summed E-state index contributed by atoms with van der Waals surface area (Å²) in [7, 11) is -4.91. The smallest absolute Gasteiger partial charge is 0.394 e. The Morgan fingerprint density at radius 1 is 1.39 bits per heavy atom. The number of hydrogen-bond acceptors (Lipinski definition) is 9. The molecular formula is C10H14N5O7P. The lowest BCUT2D eigenvalue weighted by atomic mass is 10.1. The number of ether oxygens (including phenoxy) is 1. The molecule has 4 atom stereocenters. The van der Waals surface area contributed by atoms with Crippen molar-refractivity contribution in [2.45, 2.75) is 24.5 Å². The van der Waals surface area contributed by atoms with Gasteiger partial charge >= 0.3 is 7.82 Å². The number of imidazole rings is 1. The van der Waals surface area contributed by atoms with Crippen LogP contribution < -0.4 is 5.73 Å². The number of aromatic nitrogens is 4. The molecule has 1 fully saturated rings. The summed E-state index contributed by atoms with van der Waals surface area (Å²) in [5, 5.41) is 19.3. The van der Waals surface area contributed by atoms with Gasteiger partial charge in [0.2, 0.25) is 0 Å². The molecule has 3 heterocycles. The van der Waals surface area contributed by atoms with E-state index in [2.05, 4.69) is 19.5 Å². The van der Waals surface area contributed by atoms with E-state index >= 15 is 0 Å². The number of hydrogen-bond donors (Lipinski definition) is 5. The van der Waals surface area contributed by atoms with Crippen molar-refractivity contribution >= 4 is 24.8 Å². The van der Waals surface area contributed by atoms with Crippen LogP contribution in [0.4, 0.5) is 5.82 Å². The van der Waals surface area contributed by atoms with Crippen molar-refractivity contribution in [3.05, 3.63) is 12.7 Å².